The van der Waals surface area contributed by atoms with Crippen LogP contribution in [0.25, 0.3) is 0 Å². The van der Waals surface area contributed by atoms with E-state index in [1.807, 2.05) is 0 Å². The summed E-state index contributed by atoms with van der Waals surface area (Å²) in [7, 11) is 0. The number of nitrogens with zero attached hydrogens (tertiary/aromatic N) is 2. The first-order valence-corrected chi connectivity index (χ1v) is 5.96. The topological polar surface area (TPSA) is 54.9 Å². The van der Waals surface area contributed by atoms with Crippen molar-refractivity contribution < 1.29 is 18.0 Å². The molecule has 100 valence electrons. The zero-order valence-corrected chi connectivity index (χ0v) is 10.5. The summed E-state index contributed by atoms with van der Waals surface area (Å²) in [5, 5.41) is 10.9. The van der Waals surface area contributed by atoms with Crippen molar-refractivity contribution in [3.63, 3.8) is 0 Å². The molecule has 0 fully saturated rings. The minimum atomic E-state index is -4.41. The van der Waals surface area contributed by atoms with Gasteiger partial charge in [0, 0.05) is 5.56 Å². The molecule has 0 aliphatic rings. The Hall–Kier alpha value is -1.96. The number of carbonyl (C=O) groups excluding carboxylic acids is 1. The maximum atomic E-state index is 12.4. The minimum absolute atomic E-state index is 0.126. The van der Waals surface area contributed by atoms with Crippen LogP contribution in [0.15, 0.2) is 24.3 Å². The van der Waals surface area contributed by atoms with Gasteiger partial charge in [-0.1, -0.05) is 11.3 Å². The lowest BCUT2D eigenvalue weighted by Crippen LogP contribution is -2.12. The number of nitrogens with one attached hydrogen (secondary N) is 1. The van der Waals surface area contributed by atoms with Gasteiger partial charge in [-0.2, -0.15) is 13.2 Å². The normalized spacial score (nSPS) is 11.4. The van der Waals surface area contributed by atoms with Crippen molar-refractivity contribution in [1.82, 2.24) is 10.2 Å². The summed E-state index contributed by atoms with van der Waals surface area (Å²) in [6.45, 7) is 1.73. The zero-order valence-electron chi connectivity index (χ0n) is 9.65. The summed E-state index contributed by atoms with van der Waals surface area (Å²) in [5.41, 5.74) is -0.670. The summed E-state index contributed by atoms with van der Waals surface area (Å²) >= 11 is 1.18. The highest BCUT2D eigenvalue weighted by Gasteiger charge is 2.30. The van der Waals surface area contributed by atoms with Gasteiger partial charge in [0.2, 0.25) is 5.13 Å². The molecule has 8 heteroatoms. The van der Waals surface area contributed by atoms with Crippen molar-refractivity contribution >= 4 is 22.4 Å². The van der Waals surface area contributed by atoms with E-state index in [4.69, 9.17) is 0 Å². The Morgan fingerprint density at radius 3 is 2.32 bits per heavy atom. The van der Waals surface area contributed by atoms with Gasteiger partial charge < -0.3 is 0 Å². The molecule has 2 rings (SSSR count). The number of halogens is 3. The lowest BCUT2D eigenvalue weighted by Gasteiger charge is -2.07. The Morgan fingerprint density at radius 1 is 1.21 bits per heavy atom. The third kappa shape index (κ3) is 3.28. The molecule has 0 bridgehead atoms. The fraction of sp³-hybridized carbons (Fsp3) is 0.182. The van der Waals surface area contributed by atoms with E-state index in [1.165, 1.54) is 11.3 Å². The third-order valence-corrected chi connectivity index (χ3v) is 2.98. The van der Waals surface area contributed by atoms with Crippen molar-refractivity contribution in [1.29, 1.82) is 0 Å². The van der Waals surface area contributed by atoms with Gasteiger partial charge in [-0.25, -0.2) is 0 Å². The molecule has 4 nitrogen and oxygen atoms in total. The molecule has 0 saturated carbocycles. The first-order valence-electron chi connectivity index (χ1n) is 5.15. The molecule has 2 aromatic rings. The second-order valence-corrected chi connectivity index (χ2v) is 4.84. The summed E-state index contributed by atoms with van der Waals surface area (Å²) in [6.07, 6.45) is -4.41. The Bertz CT molecular complexity index is 592. The molecule has 0 radical (unpaired) electrons. The predicted molar refractivity (Wildman–Crippen MR) is 64.0 cm³/mol. The van der Waals surface area contributed by atoms with E-state index in [2.05, 4.69) is 15.5 Å². The van der Waals surface area contributed by atoms with Gasteiger partial charge in [0.15, 0.2) is 0 Å². The van der Waals surface area contributed by atoms with Gasteiger partial charge >= 0.3 is 6.18 Å². The SMILES string of the molecule is Cc1nnc(NC(=O)c2ccc(C(F)(F)F)cc2)s1. The van der Waals surface area contributed by atoms with Gasteiger partial charge in [-0.05, 0) is 31.2 Å². The smallest absolute Gasteiger partial charge is 0.296 e. The summed E-state index contributed by atoms with van der Waals surface area (Å²) in [6, 6.07) is 3.96. The molecule has 1 aromatic heterocycles. The number of amides is 1. The van der Waals surface area contributed by atoms with E-state index in [0.29, 0.717) is 10.1 Å². The molecule has 19 heavy (non-hydrogen) atoms. The number of carbonyl (C=O) groups is 1. The third-order valence-electron chi connectivity index (χ3n) is 2.22. The number of aryl methyl sites for hydroxylation is 1. The predicted octanol–water partition coefficient (Wildman–Crippen LogP) is 3.12. The molecule has 1 heterocycles. The van der Waals surface area contributed by atoms with Crippen molar-refractivity contribution in [3.8, 4) is 0 Å². The van der Waals surface area contributed by atoms with Crippen LogP contribution in [0.4, 0.5) is 18.3 Å². The van der Waals surface area contributed by atoms with Gasteiger partial charge in [-0.3, -0.25) is 10.1 Å². The molecule has 1 aromatic carbocycles. The second-order valence-electron chi connectivity index (χ2n) is 3.66. The van der Waals surface area contributed by atoms with Crippen LogP contribution in [-0.4, -0.2) is 16.1 Å². The molecule has 0 aliphatic heterocycles. The summed E-state index contributed by atoms with van der Waals surface area (Å²) in [4.78, 5) is 11.7. The molecule has 0 saturated heterocycles. The molecular formula is C11H8F3N3OS. The van der Waals surface area contributed by atoms with Crippen LogP contribution in [0.1, 0.15) is 20.9 Å². The largest absolute Gasteiger partial charge is 0.416 e. The molecule has 0 aliphatic carbocycles. The van der Waals surface area contributed by atoms with Gasteiger partial charge in [0.25, 0.3) is 5.91 Å². The van der Waals surface area contributed by atoms with E-state index in [1.54, 1.807) is 6.92 Å². The first-order chi connectivity index (χ1) is 8.86. The van der Waals surface area contributed by atoms with Crippen LogP contribution in [0, 0.1) is 6.92 Å². The number of hydrogen-bond acceptors (Lipinski definition) is 4. The summed E-state index contributed by atoms with van der Waals surface area (Å²) in [5.74, 6) is -0.523. The highest BCUT2D eigenvalue weighted by Crippen LogP contribution is 2.29. The Balaban J connectivity index is 2.12. The van der Waals surface area contributed by atoms with Gasteiger partial charge in [-0.15, -0.1) is 10.2 Å². The maximum absolute atomic E-state index is 12.4. The van der Waals surface area contributed by atoms with Crippen molar-refractivity contribution in [2.24, 2.45) is 0 Å². The van der Waals surface area contributed by atoms with Crippen LogP contribution in [0.5, 0.6) is 0 Å². The number of hydrogen-bond donors (Lipinski definition) is 1. The van der Waals surface area contributed by atoms with Gasteiger partial charge in [0.1, 0.15) is 5.01 Å². The second kappa shape index (κ2) is 4.96. The Labute approximate surface area is 110 Å². The van der Waals surface area contributed by atoms with E-state index >= 15 is 0 Å². The number of rotatable bonds is 2. The number of aromatic nitrogens is 2. The van der Waals surface area contributed by atoms with E-state index in [0.717, 1.165) is 24.3 Å². The number of anilines is 1. The molecular weight excluding hydrogens is 279 g/mol. The molecule has 0 unspecified atom stereocenters. The lowest BCUT2D eigenvalue weighted by molar-refractivity contribution is -0.137. The average molecular weight is 287 g/mol. The maximum Gasteiger partial charge on any atom is 0.416 e. The van der Waals surface area contributed by atoms with Crippen molar-refractivity contribution in [3.05, 3.63) is 40.4 Å². The Morgan fingerprint density at radius 2 is 1.84 bits per heavy atom. The minimum Gasteiger partial charge on any atom is -0.296 e. The molecule has 1 N–H and O–H groups in total. The van der Waals surface area contributed by atoms with Crippen LogP contribution in [-0.2, 0) is 6.18 Å². The van der Waals surface area contributed by atoms with Crippen LogP contribution in [0.2, 0.25) is 0 Å². The molecule has 0 spiro atoms. The van der Waals surface area contributed by atoms with Gasteiger partial charge in [0.05, 0.1) is 5.56 Å². The fourth-order valence-corrected chi connectivity index (χ4v) is 1.91. The monoisotopic (exact) mass is 287 g/mol. The highest BCUT2D eigenvalue weighted by molar-refractivity contribution is 7.15. The van der Waals surface area contributed by atoms with Crippen molar-refractivity contribution in [2.75, 3.05) is 5.32 Å². The lowest BCUT2D eigenvalue weighted by atomic mass is 10.1. The summed E-state index contributed by atoms with van der Waals surface area (Å²) < 4.78 is 37.1. The Kier molecular flexibility index (Phi) is 3.52. The van der Waals surface area contributed by atoms with Crippen LogP contribution >= 0.6 is 11.3 Å². The molecule has 1 amide bonds. The average Bonchev–Trinajstić information content (AvgIpc) is 2.74. The van der Waals surface area contributed by atoms with E-state index < -0.39 is 17.6 Å². The first kappa shape index (κ1) is 13.5. The number of benzene rings is 1. The fourth-order valence-electron chi connectivity index (χ4n) is 1.33. The molecule has 0 atom stereocenters. The highest BCUT2D eigenvalue weighted by atomic mass is 32.1. The van der Waals surface area contributed by atoms with Crippen molar-refractivity contribution in [2.45, 2.75) is 13.1 Å². The van der Waals surface area contributed by atoms with E-state index in [-0.39, 0.29) is 5.56 Å². The van der Waals surface area contributed by atoms with Crippen LogP contribution in [0.3, 0.4) is 0 Å². The zero-order chi connectivity index (χ0) is 14.0. The quantitative estimate of drug-likeness (QED) is 0.923. The van der Waals surface area contributed by atoms with Crippen LogP contribution < -0.4 is 5.32 Å². The van der Waals surface area contributed by atoms with E-state index in [9.17, 15) is 18.0 Å². The number of alkyl halides is 3. The standard InChI is InChI=1S/C11H8F3N3OS/c1-6-16-17-10(19-6)15-9(18)7-2-4-8(5-3-7)11(12,13)14/h2-5H,1H3,(H,15,17,18).